The molecule has 0 saturated carbocycles. The van der Waals surface area contributed by atoms with Crippen LogP contribution in [-0.4, -0.2) is 37.2 Å². The van der Waals surface area contributed by atoms with E-state index in [2.05, 4.69) is 34.6 Å². The van der Waals surface area contributed by atoms with Gasteiger partial charge >= 0.3 is 17.9 Å². The molecule has 0 rings (SSSR count). The van der Waals surface area contributed by atoms with Gasteiger partial charge < -0.3 is 14.2 Å². The van der Waals surface area contributed by atoms with Crippen LogP contribution in [0.4, 0.5) is 0 Å². The number of rotatable bonds is 47. The molecule has 0 bridgehead atoms. The van der Waals surface area contributed by atoms with Crippen molar-refractivity contribution in [1.82, 2.24) is 0 Å². The second-order valence-corrected chi connectivity index (χ2v) is 19.1. The van der Waals surface area contributed by atoms with Crippen LogP contribution in [-0.2, 0) is 28.6 Å². The predicted molar refractivity (Wildman–Crippen MR) is 252 cm³/mol. The number of hydrogen-bond acceptors (Lipinski definition) is 6. The van der Waals surface area contributed by atoms with E-state index in [0.29, 0.717) is 19.3 Å². The first-order valence-corrected chi connectivity index (χ1v) is 26.2. The van der Waals surface area contributed by atoms with Gasteiger partial charge in [-0.2, -0.15) is 0 Å². The van der Waals surface area contributed by atoms with Crippen LogP contribution in [0.3, 0.4) is 0 Å². The molecule has 6 heteroatoms. The molecular weight excluding hydrogens is 733 g/mol. The van der Waals surface area contributed by atoms with Crippen LogP contribution in [0.2, 0.25) is 0 Å². The van der Waals surface area contributed by atoms with E-state index >= 15 is 0 Å². The summed E-state index contributed by atoms with van der Waals surface area (Å²) < 4.78 is 16.8. The van der Waals surface area contributed by atoms with Gasteiger partial charge in [0.2, 0.25) is 0 Å². The van der Waals surface area contributed by atoms with Gasteiger partial charge in [-0.3, -0.25) is 14.4 Å². The molecule has 0 unspecified atom stereocenters. The van der Waals surface area contributed by atoms with Gasteiger partial charge in [-0.15, -0.1) is 0 Å². The highest BCUT2D eigenvalue weighted by molar-refractivity contribution is 5.71. The van der Waals surface area contributed by atoms with Gasteiger partial charge in [0.05, 0.1) is 0 Å². The average molecular weight is 835 g/mol. The number of unbranched alkanes of at least 4 members (excludes halogenated alkanes) is 32. The Bertz CT molecular complexity index is 900. The van der Waals surface area contributed by atoms with Crippen LogP contribution in [0.5, 0.6) is 0 Å². The molecule has 0 N–H and O–H groups in total. The fourth-order valence-electron chi connectivity index (χ4n) is 7.99. The highest BCUT2D eigenvalue weighted by atomic mass is 16.6. The largest absolute Gasteiger partial charge is 0.462 e. The third-order valence-electron chi connectivity index (χ3n) is 12.0. The first kappa shape index (κ1) is 57.4. The highest BCUT2D eigenvalue weighted by Crippen LogP contribution is 2.17. The SMILES string of the molecule is CCCCCCCCCCCCCCCCCCCCCC(=O)OC[C@@H](COC(=O)CCCCCCCCCCC(C)C)OC(=O)CCCCCCCCCCC(C)C. The summed E-state index contributed by atoms with van der Waals surface area (Å²) in [4.78, 5) is 37.9. The Hall–Kier alpha value is -1.59. The van der Waals surface area contributed by atoms with Gasteiger partial charge in [-0.05, 0) is 31.1 Å². The van der Waals surface area contributed by atoms with E-state index in [4.69, 9.17) is 14.2 Å². The summed E-state index contributed by atoms with van der Waals surface area (Å²) in [5.41, 5.74) is 0. The summed E-state index contributed by atoms with van der Waals surface area (Å²) >= 11 is 0. The zero-order valence-corrected chi connectivity index (χ0v) is 40.4. The van der Waals surface area contributed by atoms with Gasteiger partial charge in [0, 0.05) is 19.3 Å². The highest BCUT2D eigenvalue weighted by Gasteiger charge is 2.19. The normalized spacial score (nSPS) is 12.1. The Morgan fingerprint density at radius 2 is 0.559 bits per heavy atom. The number of hydrogen-bond donors (Lipinski definition) is 0. The van der Waals surface area contributed by atoms with E-state index in [0.717, 1.165) is 69.6 Å². The second-order valence-electron chi connectivity index (χ2n) is 19.1. The minimum absolute atomic E-state index is 0.0645. The van der Waals surface area contributed by atoms with Crippen molar-refractivity contribution >= 4 is 17.9 Å². The lowest BCUT2D eigenvalue weighted by Crippen LogP contribution is -2.30. The summed E-state index contributed by atoms with van der Waals surface area (Å²) in [6.45, 7) is 11.3. The lowest BCUT2D eigenvalue weighted by atomic mass is 10.0. The Balaban J connectivity index is 4.23. The average Bonchev–Trinajstić information content (AvgIpc) is 3.20. The molecule has 0 radical (unpaired) electrons. The Morgan fingerprint density at radius 3 is 0.831 bits per heavy atom. The Labute approximate surface area is 368 Å². The molecule has 350 valence electrons. The summed E-state index contributed by atoms with van der Waals surface area (Å²) in [5, 5.41) is 0. The molecule has 0 aliphatic heterocycles. The monoisotopic (exact) mass is 835 g/mol. The molecular formula is C53H102O6. The molecule has 0 aliphatic carbocycles. The lowest BCUT2D eigenvalue weighted by molar-refractivity contribution is -0.167. The van der Waals surface area contributed by atoms with E-state index in [1.54, 1.807) is 0 Å². The predicted octanol–water partition coefficient (Wildman–Crippen LogP) is 16.9. The summed E-state index contributed by atoms with van der Waals surface area (Å²) in [6, 6.07) is 0. The molecule has 59 heavy (non-hydrogen) atoms. The number of carbonyl (C=O) groups is 3. The third kappa shape index (κ3) is 47.3. The zero-order valence-electron chi connectivity index (χ0n) is 40.4. The van der Waals surface area contributed by atoms with Gasteiger partial charge in [0.15, 0.2) is 6.10 Å². The Kier molecular flexibility index (Phi) is 44.7. The first-order chi connectivity index (χ1) is 28.7. The smallest absolute Gasteiger partial charge is 0.306 e. The van der Waals surface area contributed by atoms with Crippen LogP contribution in [0, 0.1) is 11.8 Å². The molecule has 0 aromatic carbocycles. The van der Waals surface area contributed by atoms with Crippen LogP contribution >= 0.6 is 0 Å². The fraction of sp³-hybridized carbons (Fsp3) is 0.943. The van der Waals surface area contributed by atoms with E-state index in [1.807, 2.05) is 0 Å². The second kappa shape index (κ2) is 45.9. The minimum atomic E-state index is -0.762. The maximum atomic E-state index is 12.7. The summed E-state index contributed by atoms with van der Waals surface area (Å²) in [5.74, 6) is 0.737. The standard InChI is InChI=1S/C53H102O6/c1-6-7-8-9-10-11-12-13-14-15-16-17-18-19-20-21-28-33-38-43-51(54)57-46-50(59-53(56)45-40-35-30-25-23-27-32-37-42-49(4)5)47-58-52(55)44-39-34-29-24-22-26-31-36-41-48(2)3/h48-50H,6-47H2,1-5H3/t50-/m0/s1. The third-order valence-corrected chi connectivity index (χ3v) is 12.0. The zero-order chi connectivity index (χ0) is 43.3. The van der Waals surface area contributed by atoms with Crippen molar-refractivity contribution in [3.63, 3.8) is 0 Å². The van der Waals surface area contributed by atoms with E-state index in [1.165, 1.54) is 180 Å². The molecule has 0 heterocycles. The fourth-order valence-corrected chi connectivity index (χ4v) is 7.99. The van der Waals surface area contributed by atoms with Crippen LogP contribution in [0.15, 0.2) is 0 Å². The molecule has 0 spiro atoms. The molecule has 0 aliphatic rings. The molecule has 6 nitrogen and oxygen atoms in total. The maximum absolute atomic E-state index is 12.7. The Morgan fingerprint density at radius 1 is 0.322 bits per heavy atom. The molecule has 0 amide bonds. The van der Waals surface area contributed by atoms with Crippen molar-refractivity contribution in [2.24, 2.45) is 11.8 Å². The molecule has 1 atom stereocenters. The van der Waals surface area contributed by atoms with Gasteiger partial charge in [-0.1, -0.05) is 253 Å². The van der Waals surface area contributed by atoms with E-state index < -0.39 is 6.10 Å². The number of esters is 3. The molecule has 0 saturated heterocycles. The first-order valence-electron chi connectivity index (χ1n) is 26.2. The molecule has 0 fully saturated rings. The van der Waals surface area contributed by atoms with Crippen molar-refractivity contribution in [1.29, 1.82) is 0 Å². The van der Waals surface area contributed by atoms with Gasteiger partial charge in [-0.25, -0.2) is 0 Å². The number of ether oxygens (including phenoxy) is 3. The summed E-state index contributed by atoms with van der Waals surface area (Å²) in [7, 11) is 0. The quantitative estimate of drug-likeness (QED) is 0.0345. The van der Waals surface area contributed by atoms with Crippen molar-refractivity contribution in [2.75, 3.05) is 13.2 Å². The van der Waals surface area contributed by atoms with Gasteiger partial charge in [0.1, 0.15) is 13.2 Å². The van der Waals surface area contributed by atoms with Crippen LogP contribution < -0.4 is 0 Å². The molecule has 0 aromatic heterocycles. The van der Waals surface area contributed by atoms with E-state index in [-0.39, 0.29) is 31.1 Å². The number of carbonyl (C=O) groups excluding carboxylic acids is 3. The molecule has 0 aromatic rings. The topological polar surface area (TPSA) is 78.9 Å². The maximum Gasteiger partial charge on any atom is 0.306 e. The van der Waals surface area contributed by atoms with E-state index in [9.17, 15) is 14.4 Å². The summed E-state index contributed by atoms with van der Waals surface area (Å²) in [6.07, 6.45) is 46.8. The van der Waals surface area contributed by atoms with Crippen LogP contribution in [0.1, 0.15) is 291 Å². The van der Waals surface area contributed by atoms with Crippen molar-refractivity contribution in [2.45, 2.75) is 298 Å². The van der Waals surface area contributed by atoms with Crippen molar-refractivity contribution < 1.29 is 28.6 Å². The van der Waals surface area contributed by atoms with Crippen molar-refractivity contribution in [3.05, 3.63) is 0 Å². The van der Waals surface area contributed by atoms with Crippen molar-refractivity contribution in [3.8, 4) is 0 Å². The van der Waals surface area contributed by atoms with Gasteiger partial charge in [0.25, 0.3) is 0 Å². The lowest BCUT2D eigenvalue weighted by Gasteiger charge is -2.18. The minimum Gasteiger partial charge on any atom is -0.462 e. The van der Waals surface area contributed by atoms with Crippen LogP contribution in [0.25, 0.3) is 0 Å².